The molecule has 1 aliphatic carbocycles. The molecule has 0 aromatic heterocycles. The molecule has 7 heteroatoms. The number of nitrogens with one attached hydrogen (secondary N) is 2. The van der Waals surface area contributed by atoms with Gasteiger partial charge in [-0.15, -0.1) is 0 Å². The van der Waals surface area contributed by atoms with Crippen molar-refractivity contribution in [3.05, 3.63) is 53.1 Å². The Morgan fingerprint density at radius 3 is 2.17 bits per heavy atom. The van der Waals surface area contributed by atoms with Gasteiger partial charge in [0, 0.05) is 23.0 Å². The molecule has 1 amide bonds. The summed E-state index contributed by atoms with van der Waals surface area (Å²) >= 11 is 5.60. The third kappa shape index (κ3) is 4.00. The van der Waals surface area contributed by atoms with E-state index in [1.165, 1.54) is 12.1 Å². The van der Waals surface area contributed by atoms with Gasteiger partial charge in [0.15, 0.2) is 0 Å². The standard InChI is InChI=1S/C17H14ClF3N2O/c18-15-8-7-13(9-14(15)17(19,20)21)22-11-3-5-12(6-4-11)23-16(24)10-1-2-10/h3-10,22H,1-2H2,(H,23,24). The van der Waals surface area contributed by atoms with Gasteiger partial charge in [-0.3, -0.25) is 4.79 Å². The zero-order valence-corrected chi connectivity index (χ0v) is 13.2. The summed E-state index contributed by atoms with van der Waals surface area (Å²) < 4.78 is 38.6. The molecule has 1 fully saturated rings. The smallest absolute Gasteiger partial charge is 0.356 e. The molecule has 3 rings (SSSR count). The Balaban J connectivity index is 1.70. The second-order valence-electron chi connectivity index (χ2n) is 5.66. The number of hydrogen-bond acceptors (Lipinski definition) is 2. The normalized spacial score (nSPS) is 14.3. The quantitative estimate of drug-likeness (QED) is 0.766. The SMILES string of the molecule is O=C(Nc1ccc(Nc2ccc(Cl)c(C(F)(F)F)c2)cc1)C1CC1. The summed E-state index contributed by atoms with van der Waals surface area (Å²) in [6.07, 6.45) is -2.67. The Labute approximate surface area is 141 Å². The summed E-state index contributed by atoms with van der Waals surface area (Å²) in [5, 5.41) is 5.34. The molecular weight excluding hydrogens is 341 g/mol. The van der Waals surface area contributed by atoms with Crippen LogP contribution in [0.3, 0.4) is 0 Å². The number of hydrogen-bond donors (Lipinski definition) is 2. The van der Waals surface area contributed by atoms with E-state index in [2.05, 4.69) is 10.6 Å². The van der Waals surface area contributed by atoms with E-state index < -0.39 is 11.7 Å². The first-order valence-corrected chi connectivity index (χ1v) is 7.75. The topological polar surface area (TPSA) is 41.1 Å². The Morgan fingerprint density at radius 2 is 1.58 bits per heavy atom. The van der Waals surface area contributed by atoms with E-state index in [4.69, 9.17) is 11.6 Å². The predicted octanol–water partition coefficient (Wildman–Crippen LogP) is 5.45. The number of anilines is 3. The van der Waals surface area contributed by atoms with Gasteiger partial charge in [0.2, 0.25) is 5.91 Å². The van der Waals surface area contributed by atoms with Crippen LogP contribution < -0.4 is 10.6 Å². The van der Waals surface area contributed by atoms with Gasteiger partial charge in [-0.05, 0) is 55.3 Å². The van der Waals surface area contributed by atoms with E-state index in [0.29, 0.717) is 11.4 Å². The third-order valence-corrected chi connectivity index (χ3v) is 3.99. The van der Waals surface area contributed by atoms with Gasteiger partial charge < -0.3 is 10.6 Å². The third-order valence-electron chi connectivity index (χ3n) is 3.66. The van der Waals surface area contributed by atoms with Gasteiger partial charge in [-0.1, -0.05) is 11.6 Å². The number of carbonyl (C=O) groups is 1. The lowest BCUT2D eigenvalue weighted by Crippen LogP contribution is -2.13. The van der Waals surface area contributed by atoms with E-state index in [9.17, 15) is 18.0 Å². The van der Waals surface area contributed by atoms with Crippen LogP contribution >= 0.6 is 11.6 Å². The highest BCUT2D eigenvalue weighted by Crippen LogP contribution is 2.36. The average molecular weight is 355 g/mol. The number of carbonyl (C=O) groups excluding carboxylic acids is 1. The molecule has 3 nitrogen and oxygen atoms in total. The first-order chi connectivity index (χ1) is 11.3. The largest absolute Gasteiger partial charge is 0.417 e. The molecule has 0 aliphatic heterocycles. The molecule has 0 bridgehead atoms. The van der Waals surface area contributed by atoms with E-state index in [-0.39, 0.29) is 22.5 Å². The minimum Gasteiger partial charge on any atom is -0.356 e. The van der Waals surface area contributed by atoms with Gasteiger partial charge in [0.05, 0.1) is 10.6 Å². The molecule has 0 atom stereocenters. The van der Waals surface area contributed by atoms with Crippen molar-refractivity contribution in [2.75, 3.05) is 10.6 Å². The van der Waals surface area contributed by atoms with Crippen molar-refractivity contribution >= 4 is 34.6 Å². The molecule has 0 saturated heterocycles. The number of amides is 1. The molecule has 24 heavy (non-hydrogen) atoms. The van der Waals surface area contributed by atoms with Crippen LogP contribution in [0.2, 0.25) is 5.02 Å². The Kier molecular flexibility index (Phi) is 4.41. The Hall–Kier alpha value is -2.21. The van der Waals surface area contributed by atoms with Gasteiger partial charge in [-0.25, -0.2) is 0 Å². The van der Waals surface area contributed by atoms with E-state index in [0.717, 1.165) is 18.9 Å². The van der Waals surface area contributed by atoms with Crippen LogP contribution in [-0.4, -0.2) is 5.91 Å². The van der Waals surface area contributed by atoms with Crippen LogP contribution in [0.4, 0.5) is 30.2 Å². The fraction of sp³-hybridized carbons (Fsp3) is 0.235. The van der Waals surface area contributed by atoms with Gasteiger partial charge >= 0.3 is 6.18 Å². The minimum atomic E-state index is -4.51. The molecule has 2 N–H and O–H groups in total. The number of rotatable bonds is 4. The molecule has 1 saturated carbocycles. The van der Waals surface area contributed by atoms with E-state index in [1.807, 2.05) is 0 Å². The van der Waals surface area contributed by atoms with Crippen molar-refractivity contribution in [2.24, 2.45) is 5.92 Å². The molecule has 0 heterocycles. The Bertz CT molecular complexity index is 755. The number of alkyl halides is 3. The maximum absolute atomic E-state index is 12.9. The summed E-state index contributed by atoms with van der Waals surface area (Å²) in [4.78, 5) is 11.7. The first-order valence-electron chi connectivity index (χ1n) is 7.37. The van der Waals surface area contributed by atoms with Crippen LogP contribution in [0.15, 0.2) is 42.5 Å². The molecular formula is C17H14ClF3N2O. The molecule has 0 radical (unpaired) electrons. The van der Waals surface area contributed by atoms with Crippen LogP contribution in [0.5, 0.6) is 0 Å². The lowest BCUT2D eigenvalue weighted by Gasteiger charge is -2.13. The van der Waals surface area contributed by atoms with Crippen LogP contribution in [0, 0.1) is 5.92 Å². The molecule has 1 aliphatic rings. The van der Waals surface area contributed by atoms with Gasteiger partial charge in [-0.2, -0.15) is 13.2 Å². The zero-order valence-electron chi connectivity index (χ0n) is 12.5. The number of halogens is 4. The maximum Gasteiger partial charge on any atom is 0.417 e. The Morgan fingerprint density at radius 1 is 1.00 bits per heavy atom. The molecule has 126 valence electrons. The monoisotopic (exact) mass is 354 g/mol. The molecule has 0 spiro atoms. The van der Waals surface area contributed by atoms with Crippen LogP contribution in [-0.2, 0) is 11.0 Å². The second-order valence-corrected chi connectivity index (χ2v) is 6.07. The highest BCUT2D eigenvalue weighted by Gasteiger charge is 2.33. The van der Waals surface area contributed by atoms with Crippen LogP contribution in [0.1, 0.15) is 18.4 Å². The van der Waals surface area contributed by atoms with E-state index >= 15 is 0 Å². The fourth-order valence-corrected chi connectivity index (χ4v) is 2.44. The van der Waals surface area contributed by atoms with Crippen molar-refractivity contribution in [3.8, 4) is 0 Å². The highest BCUT2D eigenvalue weighted by molar-refractivity contribution is 6.31. The van der Waals surface area contributed by atoms with Gasteiger partial charge in [0.25, 0.3) is 0 Å². The zero-order chi connectivity index (χ0) is 17.3. The minimum absolute atomic E-state index is 0.00299. The molecule has 0 unspecified atom stereocenters. The van der Waals surface area contributed by atoms with Crippen molar-refractivity contribution in [2.45, 2.75) is 19.0 Å². The first kappa shape index (κ1) is 16.6. The summed E-state index contributed by atoms with van der Waals surface area (Å²) in [7, 11) is 0. The molecule has 2 aromatic carbocycles. The summed E-state index contributed by atoms with van der Waals surface area (Å²) in [6, 6.07) is 10.4. The summed E-state index contributed by atoms with van der Waals surface area (Å²) in [6.45, 7) is 0. The number of benzene rings is 2. The van der Waals surface area contributed by atoms with Crippen molar-refractivity contribution in [1.29, 1.82) is 0 Å². The second kappa shape index (κ2) is 6.36. The van der Waals surface area contributed by atoms with E-state index in [1.54, 1.807) is 24.3 Å². The van der Waals surface area contributed by atoms with Crippen molar-refractivity contribution in [3.63, 3.8) is 0 Å². The van der Waals surface area contributed by atoms with Crippen molar-refractivity contribution in [1.82, 2.24) is 0 Å². The maximum atomic E-state index is 12.9. The average Bonchev–Trinajstić information content (AvgIpc) is 3.35. The van der Waals surface area contributed by atoms with Crippen LogP contribution in [0.25, 0.3) is 0 Å². The van der Waals surface area contributed by atoms with Crippen molar-refractivity contribution < 1.29 is 18.0 Å². The van der Waals surface area contributed by atoms with Gasteiger partial charge in [0.1, 0.15) is 0 Å². The summed E-state index contributed by atoms with van der Waals surface area (Å²) in [5.41, 5.74) is 0.656. The summed E-state index contributed by atoms with van der Waals surface area (Å²) in [5.74, 6) is 0.112. The lowest BCUT2D eigenvalue weighted by molar-refractivity contribution is -0.137. The predicted molar refractivity (Wildman–Crippen MR) is 87.5 cm³/mol. The molecule has 2 aromatic rings. The lowest BCUT2D eigenvalue weighted by atomic mass is 10.2. The fourth-order valence-electron chi connectivity index (χ4n) is 2.21. The highest BCUT2D eigenvalue weighted by atomic mass is 35.5.